The lowest BCUT2D eigenvalue weighted by Gasteiger charge is -2.23. The van der Waals surface area contributed by atoms with Gasteiger partial charge in [0.2, 0.25) is 5.95 Å². The lowest BCUT2D eigenvalue weighted by Crippen LogP contribution is -2.23. The molecule has 30 heavy (non-hydrogen) atoms. The first kappa shape index (κ1) is 20.5. The second-order valence-electron chi connectivity index (χ2n) is 8.07. The molecule has 0 aromatic carbocycles. The van der Waals surface area contributed by atoms with E-state index in [1.54, 1.807) is 12.3 Å². The van der Waals surface area contributed by atoms with Gasteiger partial charge in [0.05, 0.1) is 23.6 Å². The zero-order valence-electron chi connectivity index (χ0n) is 17.4. The normalized spacial score (nSPS) is 16.7. The van der Waals surface area contributed by atoms with Crippen molar-refractivity contribution in [3.05, 3.63) is 63.9 Å². The summed E-state index contributed by atoms with van der Waals surface area (Å²) >= 11 is 1.94. The molecule has 1 saturated heterocycles. The summed E-state index contributed by atoms with van der Waals surface area (Å²) in [5.41, 5.74) is 2.21. The van der Waals surface area contributed by atoms with Gasteiger partial charge in [-0.2, -0.15) is 5.26 Å². The third kappa shape index (κ3) is 5.02. The minimum Gasteiger partial charge on any atom is -0.323 e. The highest BCUT2D eigenvalue weighted by Crippen LogP contribution is 2.34. The molecule has 0 spiro atoms. The van der Waals surface area contributed by atoms with E-state index in [1.807, 2.05) is 35.7 Å². The molecule has 6 nitrogen and oxygen atoms in total. The number of nitriles is 1. The van der Waals surface area contributed by atoms with Crippen molar-refractivity contribution in [1.29, 1.82) is 5.26 Å². The average molecular weight is 419 g/mol. The Morgan fingerprint density at radius 2 is 2.07 bits per heavy atom. The summed E-state index contributed by atoms with van der Waals surface area (Å²) in [4.78, 5) is 18.6. The molecule has 4 heterocycles. The van der Waals surface area contributed by atoms with Gasteiger partial charge in [-0.1, -0.05) is 13.8 Å². The highest BCUT2D eigenvalue weighted by Gasteiger charge is 2.27. The van der Waals surface area contributed by atoms with Crippen molar-refractivity contribution in [2.24, 2.45) is 5.92 Å². The van der Waals surface area contributed by atoms with Crippen LogP contribution in [0.4, 0.5) is 11.6 Å². The first-order chi connectivity index (χ1) is 14.6. The van der Waals surface area contributed by atoms with Gasteiger partial charge in [-0.05, 0) is 62.1 Å². The summed E-state index contributed by atoms with van der Waals surface area (Å²) < 4.78 is 0. The fourth-order valence-corrected chi connectivity index (χ4v) is 5.11. The van der Waals surface area contributed by atoms with E-state index in [0.717, 1.165) is 37.3 Å². The maximum absolute atomic E-state index is 8.88. The molecule has 1 aliphatic rings. The van der Waals surface area contributed by atoms with Gasteiger partial charge >= 0.3 is 0 Å². The van der Waals surface area contributed by atoms with Gasteiger partial charge in [0, 0.05) is 22.5 Å². The van der Waals surface area contributed by atoms with Gasteiger partial charge in [0.25, 0.3) is 0 Å². The van der Waals surface area contributed by atoms with Crippen molar-refractivity contribution in [2.45, 2.75) is 45.7 Å². The van der Waals surface area contributed by atoms with Gasteiger partial charge in [0.1, 0.15) is 11.8 Å². The maximum Gasteiger partial charge on any atom is 0.227 e. The standard InChI is InChI=1S/C23H26N6S/c1-16(2)12-19-7-8-20(30-19)15-29-11-3-4-22(29)21-9-10-25-23(28-21)27-18-6-5-17(13-24)26-14-18/h5-10,14,16,22H,3-4,11-12,15H2,1-2H3,(H,25,27,28). The molecule has 0 amide bonds. The third-order valence-corrected chi connectivity index (χ3v) is 6.29. The second-order valence-corrected chi connectivity index (χ2v) is 9.32. The zero-order valence-corrected chi connectivity index (χ0v) is 18.2. The van der Waals surface area contributed by atoms with Crippen LogP contribution in [-0.2, 0) is 13.0 Å². The topological polar surface area (TPSA) is 77.7 Å². The van der Waals surface area contributed by atoms with Crippen LogP contribution >= 0.6 is 11.3 Å². The number of aromatic nitrogens is 3. The Hall–Kier alpha value is -2.82. The van der Waals surface area contributed by atoms with Crippen LogP contribution in [0.2, 0.25) is 0 Å². The van der Waals surface area contributed by atoms with E-state index in [4.69, 9.17) is 10.2 Å². The first-order valence-electron chi connectivity index (χ1n) is 10.4. The number of hydrogen-bond acceptors (Lipinski definition) is 7. The molecule has 7 heteroatoms. The summed E-state index contributed by atoms with van der Waals surface area (Å²) in [6.07, 6.45) is 6.88. The van der Waals surface area contributed by atoms with Crippen molar-refractivity contribution in [3.63, 3.8) is 0 Å². The number of anilines is 2. The molecule has 0 bridgehead atoms. The molecule has 0 radical (unpaired) electrons. The number of nitrogens with one attached hydrogen (secondary N) is 1. The van der Waals surface area contributed by atoms with Gasteiger partial charge < -0.3 is 5.32 Å². The van der Waals surface area contributed by atoms with E-state index < -0.39 is 0 Å². The quantitative estimate of drug-likeness (QED) is 0.576. The fourth-order valence-electron chi connectivity index (χ4n) is 3.85. The summed E-state index contributed by atoms with van der Waals surface area (Å²) in [6, 6.07) is 12.4. The third-order valence-electron chi connectivity index (χ3n) is 5.20. The molecule has 4 rings (SSSR count). The van der Waals surface area contributed by atoms with Crippen molar-refractivity contribution in [1.82, 2.24) is 19.9 Å². The van der Waals surface area contributed by atoms with E-state index in [-0.39, 0.29) is 0 Å². The van der Waals surface area contributed by atoms with Crippen LogP contribution in [0, 0.1) is 17.2 Å². The van der Waals surface area contributed by atoms with Crippen LogP contribution in [0.25, 0.3) is 0 Å². The van der Waals surface area contributed by atoms with Gasteiger partial charge in [-0.25, -0.2) is 15.0 Å². The van der Waals surface area contributed by atoms with E-state index >= 15 is 0 Å². The van der Waals surface area contributed by atoms with Gasteiger partial charge in [0.15, 0.2) is 0 Å². The largest absolute Gasteiger partial charge is 0.323 e. The second kappa shape index (κ2) is 9.33. The van der Waals surface area contributed by atoms with Crippen LogP contribution in [-0.4, -0.2) is 26.4 Å². The maximum atomic E-state index is 8.88. The van der Waals surface area contributed by atoms with Crippen LogP contribution in [0.3, 0.4) is 0 Å². The van der Waals surface area contributed by atoms with Gasteiger partial charge in [-0.15, -0.1) is 11.3 Å². The fraction of sp³-hybridized carbons (Fsp3) is 0.391. The zero-order chi connectivity index (χ0) is 20.9. The monoisotopic (exact) mass is 418 g/mol. The molecule has 0 saturated carbocycles. The van der Waals surface area contributed by atoms with E-state index in [9.17, 15) is 0 Å². The SMILES string of the molecule is CC(C)Cc1ccc(CN2CCCC2c2ccnc(Nc3ccc(C#N)nc3)n2)s1. The van der Waals surface area contributed by atoms with E-state index in [1.165, 1.54) is 16.2 Å². The predicted molar refractivity (Wildman–Crippen MR) is 120 cm³/mol. The van der Waals surface area contributed by atoms with Crippen molar-refractivity contribution in [3.8, 4) is 6.07 Å². The van der Waals surface area contributed by atoms with Crippen molar-refractivity contribution >= 4 is 23.0 Å². The summed E-state index contributed by atoms with van der Waals surface area (Å²) in [5, 5.41) is 12.1. The number of pyridine rings is 1. The lowest BCUT2D eigenvalue weighted by molar-refractivity contribution is 0.246. The molecule has 154 valence electrons. The predicted octanol–water partition coefficient (Wildman–Crippen LogP) is 5.08. The molecule has 3 aromatic heterocycles. The number of likely N-dealkylation sites (tertiary alicyclic amines) is 1. The Kier molecular flexibility index (Phi) is 6.36. The van der Waals surface area contributed by atoms with Crippen LogP contribution in [0.15, 0.2) is 42.7 Å². The Morgan fingerprint density at radius 3 is 2.83 bits per heavy atom. The molecule has 3 aromatic rings. The summed E-state index contributed by atoms with van der Waals surface area (Å²) in [5.74, 6) is 1.25. The molecule has 1 N–H and O–H groups in total. The Balaban J connectivity index is 1.45. The Bertz CT molecular complexity index is 1020. The van der Waals surface area contributed by atoms with Crippen LogP contribution in [0.5, 0.6) is 0 Å². The Labute approximate surface area is 181 Å². The van der Waals surface area contributed by atoms with Gasteiger partial charge in [-0.3, -0.25) is 4.90 Å². The highest BCUT2D eigenvalue weighted by atomic mass is 32.1. The lowest BCUT2D eigenvalue weighted by atomic mass is 10.1. The minimum absolute atomic E-state index is 0.309. The highest BCUT2D eigenvalue weighted by molar-refractivity contribution is 7.11. The average Bonchev–Trinajstić information content (AvgIpc) is 3.38. The van der Waals surface area contributed by atoms with E-state index in [0.29, 0.717) is 23.6 Å². The van der Waals surface area contributed by atoms with Crippen LogP contribution in [0.1, 0.15) is 53.9 Å². The smallest absolute Gasteiger partial charge is 0.227 e. The molecular weight excluding hydrogens is 392 g/mol. The molecule has 1 fully saturated rings. The van der Waals surface area contributed by atoms with Crippen molar-refractivity contribution in [2.75, 3.05) is 11.9 Å². The van der Waals surface area contributed by atoms with E-state index in [2.05, 4.69) is 46.2 Å². The number of thiophene rings is 1. The molecule has 1 unspecified atom stereocenters. The van der Waals surface area contributed by atoms with Crippen molar-refractivity contribution < 1.29 is 0 Å². The first-order valence-corrected chi connectivity index (χ1v) is 11.2. The number of rotatable bonds is 7. The molecular formula is C23H26N6S. The molecule has 0 aliphatic carbocycles. The summed E-state index contributed by atoms with van der Waals surface area (Å²) in [6.45, 7) is 6.60. The summed E-state index contributed by atoms with van der Waals surface area (Å²) in [7, 11) is 0. The Morgan fingerprint density at radius 1 is 1.20 bits per heavy atom. The van der Waals surface area contributed by atoms with Crippen LogP contribution < -0.4 is 5.32 Å². The number of nitrogens with zero attached hydrogens (tertiary/aromatic N) is 5. The molecule has 1 atom stereocenters. The number of hydrogen-bond donors (Lipinski definition) is 1. The molecule has 1 aliphatic heterocycles. The minimum atomic E-state index is 0.309.